The van der Waals surface area contributed by atoms with Crippen molar-refractivity contribution in [2.75, 3.05) is 10.5 Å². The van der Waals surface area contributed by atoms with Crippen LogP contribution in [0, 0.1) is 11.3 Å². The molecular formula is C13H9Cl2N3O2S. The Bertz CT molecular complexity index is 822. The number of nitriles is 1. The molecule has 5 nitrogen and oxygen atoms in total. The third kappa shape index (κ3) is 3.22. The lowest BCUT2D eigenvalue weighted by molar-refractivity contribution is 0.601. The monoisotopic (exact) mass is 341 g/mol. The smallest absolute Gasteiger partial charge is 0.264 e. The minimum absolute atomic E-state index is 0.0954. The maximum Gasteiger partial charge on any atom is 0.264 e. The molecule has 8 heteroatoms. The Labute approximate surface area is 132 Å². The maximum absolute atomic E-state index is 12.4. The van der Waals surface area contributed by atoms with Crippen LogP contribution in [0.5, 0.6) is 0 Å². The first-order valence-corrected chi connectivity index (χ1v) is 7.85. The highest BCUT2D eigenvalue weighted by Gasteiger charge is 2.23. The van der Waals surface area contributed by atoms with E-state index in [-0.39, 0.29) is 31.9 Å². The fourth-order valence-corrected chi connectivity index (χ4v) is 4.02. The lowest BCUT2D eigenvalue weighted by atomic mass is 10.2. The predicted octanol–water partition coefficient (Wildman–Crippen LogP) is 3.25. The average molecular weight is 342 g/mol. The Hall–Kier alpha value is -1.94. The molecule has 0 aromatic heterocycles. The van der Waals surface area contributed by atoms with E-state index in [0.717, 1.165) is 0 Å². The molecule has 2 rings (SSSR count). The van der Waals surface area contributed by atoms with E-state index >= 15 is 0 Å². The number of nitrogen functional groups attached to an aromatic ring is 1. The summed E-state index contributed by atoms with van der Waals surface area (Å²) in [5.74, 6) is 0. The van der Waals surface area contributed by atoms with Crippen LogP contribution in [0.1, 0.15) is 5.56 Å². The highest BCUT2D eigenvalue weighted by molar-refractivity contribution is 7.93. The summed E-state index contributed by atoms with van der Waals surface area (Å²) in [5, 5.41) is 8.79. The SMILES string of the molecule is N#Cc1ccccc1NS(=O)(=O)c1c(Cl)cc(N)cc1Cl. The van der Waals surface area contributed by atoms with Crippen molar-refractivity contribution in [2.45, 2.75) is 4.90 Å². The van der Waals surface area contributed by atoms with Gasteiger partial charge in [0.2, 0.25) is 0 Å². The zero-order valence-corrected chi connectivity index (χ0v) is 12.8. The third-order valence-electron chi connectivity index (χ3n) is 2.58. The van der Waals surface area contributed by atoms with Gasteiger partial charge in [0, 0.05) is 5.69 Å². The summed E-state index contributed by atoms with van der Waals surface area (Å²) in [6.45, 7) is 0. The Kier molecular flexibility index (Phi) is 4.28. The summed E-state index contributed by atoms with van der Waals surface area (Å²) in [6.07, 6.45) is 0. The average Bonchev–Trinajstić information content (AvgIpc) is 2.37. The first kappa shape index (κ1) is 15.4. The van der Waals surface area contributed by atoms with Crippen LogP contribution in [-0.2, 0) is 10.0 Å². The fourth-order valence-electron chi connectivity index (χ4n) is 1.70. The van der Waals surface area contributed by atoms with Gasteiger partial charge in [-0.05, 0) is 24.3 Å². The Morgan fingerprint density at radius 2 is 1.71 bits per heavy atom. The summed E-state index contributed by atoms with van der Waals surface area (Å²) < 4.78 is 27.1. The quantitative estimate of drug-likeness (QED) is 0.837. The standard InChI is InChI=1S/C13H9Cl2N3O2S/c14-10-5-9(17)6-11(15)13(10)21(19,20)18-12-4-2-1-3-8(12)7-16/h1-6,18H,17H2. The molecule has 0 aliphatic carbocycles. The molecule has 108 valence electrons. The Morgan fingerprint density at radius 1 is 1.14 bits per heavy atom. The molecular weight excluding hydrogens is 333 g/mol. The highest BCUT2D eigenvalue weighted by Crippen LogP contribution is 2.33. The van der Waals surface area contributed by atoms with Gasteiger partial charge < -0.3 is 5.73 Å². The van der Waals surface area contributed by atoms with Crippen molar-refractivity contribution in [3.63, 3.8) is 0 Å². The van der Waals surface area contributed by atoms with E-state index in [0.29, 0.717) is 0 Å². The van der Waals surface area contributed by atoms with Crippen LogP contribution in [0.4, 0.5) is 11.4 Å². The van der Waals surface area contributed by atoms with E-state index in [9.17, 15) is 8.42 Å². The van der Waals surface area contributed by atoms with Crippen LogP contribution in [0.3, 0.4) is 0 Å². The van der Waals surface area contributed by atoms with Gasteiger partial charge in [0.15, 0.2) is 0 Å². The molecule has 0 aliphatic rings. The van der Waals surface area contributed by atoms with Gasteiger partial charge in [-0.3, -0.25) is 4.72 Å². The number of anilines is 2. The second-order valence-electron chi connectivity index (χ2n) is 4.08. The second-order valence-corrected chi connectivity index (χ2v) is 6.51. The number of para-hydroxylation sites is 1. The number of nitrogens with two attached hydrogens (primary N) is 1. The number of hydrogen-bond donors (Lipinski definition) is 2. The third-order valence-corrected chi connectivity index (χ3v) is 4.87. The van der Waals surface area contributed by atoms with Crippen molar-refractivity contribution < 1.29 is 8.42 Å². The molecule has 0 amide bonds. The molecule has 0 heterocycles. The lowest BCUT2D eigenvalue weighted by Crippen LogP contribution is -2.15. The largest absolute Gasteiger partial charge is 0.399 e. The molecule has 0 spiro atoms. The molecule has 0 aliphatic heterocycles. The Morgan fingerprint density at radius 3 is 2.29 bits per heavy atom. The van der Waals surface area contributed by atoms with Gasteiger partial charge in [-0.2, -0.15) is 5.26 Å². The van der Waals surface area contributed by atoms with Crippen LogP contribution in [-0.4, -0.2) is 8.42 Å². The van der Waals surface area contributed by atoms with E-state index in [4.69, 9.17) is 34.2 Å². The molecule has 2 aromatic carbocycles. The van der Waals surface area contributed by atoms with E-state index < -0.39 is 10.0 Å². The molecule has 0 saturated carbocycles. The van der Waals surface area contributed by atoms with Crippen molar-refractivity contribution >= 4 is 44.6 Å². The minimum Gasteiger partial charge on any atom is -0.399 e. The van der Waals surface area contributed by atoms with E-state index in [2.05, 4.69) is 4.72 Å². The normalized spacial score (nSPS) is 10.9. The van der Waals surface area contributed by atoms with Crippen molar-refractivity contribution in [1.29, 1.82) is 5.26 Å². The molecule has 2 aromatic rings. The molecule has 0 unspecified atom stereocenters. The van der Waals surface area contributed by atoms with Crippen molar-refractivity contribution in [3.8, 4) is 6.07 Å². The van der Waals surface area contributed by atoms with Crippen LogP contribution in [0.15, 0.2) is 41.3 Å². The summed E-state index contributed by atoms with van der Waals surface area (Å²) in [5.41, 5.74) is 6.12. The van der Waals surface area contributed by atoms with Crippen molar-refractivity contribution in [2.24, 2.45) is 0 Å². The summed E-state index contributed by atoms with van der Waals surface area (Å²) in [4.78, 5) is -0.284. The first-order valence-electron chi connectivity index (χ1n) is 5.61. The zero-order chi connectivity index (χ0) is 15.6. The van der Waals surface area contributed by atoms with Gasteiger partial charge >= 0.3 is 0 Å². The molecule has 0 radical (unpaired) electrons. The molecule has 0 saturated heterocycles. The second kappa shape index (κ2) is 5.82. The van der Waals surface area contributed by atoms with Crippen molar-refractivity contribution in [3.05, 3.63) is 52.0 Å². The number of rotatable bonds is 3. The topological polar surface area (TPSA) is 96.0 Å². The summed E-state index contributed by atoms with van der Waals surface area (Å²) in [7, 11) is -4.04. The summed E-state index contributed by atoms with van der Waals surface area (Å²) in [6, 6.07) is 10.7. The van der Waals surface area contributed by atoms with Gasteiger partial charge in [-0.15, -0.1) is 0 Å². The van der Waals surface area contributed by atoms with Gasteiger partial charge in [0.25, 0.3) is 10.0 Å². The van der Waals surface area contributed by atoms with Crippen LogP contribution < -0.4 is 10.5 Å². The summed E-state index contributed by atoms with van der Waals surface area (Å²) >= 11 is 11.8. The van der Waals surface area contributed by atoms with Crippen LogP contribution >= 0.6 is 23.2 Å². The zero-order valence-electron chi connectivity index (χ0n) is 10.5. The Balaban J connectivity index is 2.52. The molecule has 0 fully saturated rings. The number of benzene rings is 2. The number of hydrogen-bond acceptors (Lipinski definition) is 4. The maximum atomic E-state index is 12.4. The minimum atomic E-state index is -4.04. The molecule has 21 heavy (non-hydrogen) atoms. The van der Waals surface area contributed by atoms with Gasteiger partial charge in [-0.1, -0.05) is 35.3 Å². The van der Waals surface area contributed by atoms with Gasteiger partial charge in [0.05, 0.1) is 21.3 Å². The van der Waals surface area contributed by atoms with E-state index in [1.165, 1.54) is 24.3 Å². The van der Waals surface area contributed by atoms with E-state index in [1.54, 1.807) is 12.1 Å². The lowest BCUT2D eigenvalue weighted by Gasteiger charge is -2.12. The molecule has 3 N–H and O–H groups in total. The van der Waals surface area contributed by atoms with Crippen LogP contribution in [0.25, 0.3) is 0 Å². The number of sulfonamides is 1. The van der Waals surface area contributed by atoms with Crippen molar-refractivity contribution in [1.82, 2.24) is 0 Å². The number of nitrogens with zero attached hydrogens (tertiary/aromatic N) is 1. The molecule has 0 bridgehead atoms. The number of nitrogens with one attached hydrogen (secondary N) is 1. The molecule has 0 atom stereocenters. The first-order chi connectivity index (χ1) is 9.85. The highest BCUT2D eigenvalue weighted by atomic mass is 35.5. The van der Waals surface area contributed by atoms with Gasteiger partial charge in [0.1, 0.15) is 11.0 Å². The predicted molar refractivity (Wildman–Crippen MR) is 82.8 cm³/mol. The number of halogens is 2. The van der Waals surface area contributed by atoms with Crippen LogP contribution in [0.2, 0.25) is 10.0 Å². The van der Waals surface area contributed by atoms with E-state index in [1.807, 2.05) is 6.07 Å². The van der Waals surface area contributed by atoms with Gasteiger partial charge in [-0.25, -0.2) is 8.42 Å². The fraction of sp³-hybridized carbons (Fsp3) is 0.